The van der Waals surface area contributed by atoms with Crippen molar-refractivity contribution in [3.63, 3.8) is 0 Å². The summed E-state index contributed by atoms with van der Waals surface area (Å²) in [5, 5.41) is 3.32. The second-order valence-corrected chi connectivity index (χ2v) is 10.6. The van der Waals surface area contributed by atoms with Crippen molar-refractivity contribution in [2.75, 3.05) is 0 Å². The molecule has 1 aliphatic heterocycles. The van der Waals surface area contributed by atoms with Crippen molar-refractivity contribution in [1.29, 1.82) is 0 Å². The summed E-state index contributed by atoms with van der Waals surface area (Å²) in [6, 6.07) is 11.5. The quantitative estimate of drug-likeness (QED) is 0.534. The number of rotatable bonds is 6. The number of amides is 2. The topological polar surface area (TPSA) is 76.7 Å². The molecule has 7 heteroatoms. The van der Waals surface area contributed by atoms with Crippen LogP contribution in [0.5, 0.6) is 5.75 Å². The van der Waals surface area contributed by atoms with Crippen molar-refractivity contribution in [1.82, 2.24) is 14.8 Å². The zero-order valence-electron chi connectivity index (χ0n) is 21.0. The fraction of sp³-hybridized carbons (Fsp3) is 0.500. The maximum atomic E-state index is 13.9. The minimum Gasteiger partial charge on any atom is -0.491 e. The third-order valence-corrected chi connectivity index (χ3v) is 7.60. The number of carbonyl (C=O) groups excluding carboxylic acids is 2. The van der Waals surface area contributed by atoms with Gasteiger partial charge in [0.05, 0.1) is 24.4 Å². The van der Waals surface area contributed by atoms with E-state index in [4.69, 9.17) is 9.15 Å². The van der Waals surface area contributed by atoms with Crippen LogP contribution in [0.25, 0.3) is 11.1 Å². The molecule has 186 valence electrons. The molecule has 0 spiro atoms. The van der Waals surface area contributed by atoms with E-state index in [2.05, 4.69) is 12.2 Å². The van der Waals surface area contributed by atoms with Crippen molar-refractivity contribution >= 4 is 22.9 Å². The van der Waals surface area contributed by atoms with Crippen LogP contribution in [0.4, 0.5) is 0 Å². The highest BCUT2D eigenvalue weighted by molar-refractivity contribution is 6.02. The maximum absolute atomic E-state index is 13.9. The van der Waals surface area contributed by atoms with Crippen LogP contribution in [0.15, 0.2) is 47.1 Å². The molecule has 0 radical (unpaired) electrons. The van der Waals surface area contributed by atoms with Crippen LogP contribution in [0.3, 0.4) is 0 Å². The zero-order valence-corrected chi connectivity index (χ0v) is 21.0. The summed E-state index contributed by atoms with van der Waals surface area (Å²) in [6.07, 6.45) is 6.14. The molecule has 0 saturated heterocycles. The molecule has 0 unspecified atom stereocenters. The first-order valence-electron chi connectivity index (χ1n) is 12.7. The number of aromatic nitrogens is 1. The number of ether oxygens (including phenoxy) is 1. The lowest BCUT2D eigenvalue weighted by Crippen LogP contribution is -2.65. The molecule has 2 amide bonds. The number of hydrogen-bond donors (Lipinski definition) is 1. The van der Waals surface area contributed by atoms with Gasteiger partial charge in [-0.2, -0.15) is 0 Å². The molecule has 2 aliphatic rings. The Morgan fingerprint density at radius 2 is 1.94 bits per heavy atom. The molecule has 3 aromatic rings. The monoisotopic (exact) mass is 477 g/mol. The highest BCUT2D eigenvalue weighted by Gasteiger charge is 2.48. The molecule has 1 fully saturated rings. The van der Waals surface area contributed by atoms with Crippen molar-refractivity contribution < 1.29 is 18.7 Å². The number of fused-ring (bicyclic) bond motifs is 3. The van der Waals surface area contributed by atoms with E-state index in [1.165, 1.54) is 6.42 Å². The largest absolute Gasteiger partial charge is 0.491 e. The van der Waals surface area contributed by atoms with Crippen LogP contribution >= 0.6 is 0 Å². The van der Waals surface area contributed by atoms with Crippen molar-refractivity contribution in [2.24, 2.45) is 5.92 Å². The number of furan rings is 1. The van der Waals surface area contributed by atoms with Gasteiger partial charge in [-0.05, 0) is 57.2 Å². The molecule has 5 rings (SSSR count). The SMILES string of the molecule is CC(C)Oc1ccc(CN2C(=O)c3cc4occc4n3C[C@]2(C)C(=O)N[C@@H]2CCCC[C@H]2C)cc1. The lowest BCUT2D eigenvalue weighted by atomic mass is 9.85. The van der Waals surface area contributed by atoms with Crippen LogP contribution in [-0.4, -0.2) is 39.0 Å². The van der Waals surface area contributed by atoms with E-state index in [1.54, 1.807) is 17.2 Å². The van der Waals surface area contributed by atoms with Gasteiger partial charge in [0, 0.05) is 24.7 Å². The van der Waals surface area contributed by atoms with Crippen molar-refractivity contribution in [3.8, 4) is 5.75 Å². The Hall–Kier alpha value is -3.22. The molecular weight excluding hydrogens is 442 g/mol. The molecule has 3 heterocycles. The van der Waals surface area contributed by atoms with Gasteiger partial charge in [0.15, 0.2) is 5.58 Å². The van der Waals surface area contributed by atoms with E-state index in [9.17, 15) is 9.59 Å². The second kappa shape index (κ2) is 9.10. The molecule has 35 heavy (non-hydrogen) atoms. The number of carbonyl (C=O) groups is 2. The van der Waals surface area contributed by atoms with Crippen molar-refractivity contribution in [2.45, 2.75) is 84.2 Å². The molecule has 1 saturated carbocycles. The number of nitrogens with one attached hydrogen (secondary N) is 1. The Bertz CT molecular complexity index is 1220. The first-order chi connectivity index (χ1) is 16.8. The van der Waals surface area contributed by atoms with E-state index >= 15 is 0 Å². The van der Waals surface area contributed by atoms with Gasteiger partial charge in [0.2, 0.25) is 5.91 Å². The Kier molecular flexibility index (Phi) is 6.11. The predicted octanol–water partition coefficient (Wildman–Crippen LogP) is 5.13. The van der Waals surface area contributed by atoms with Crippen LogP contribution in [0, 0.1) is 5.92 Å². The summed E-state index contributed by atoms with van der Waals surface area (Å²) >= 11 is 0. The summed E-state index contributed by atoms with van der Waals surface area (Å²) in [6.45, 7) is 8.77. The Morgan fingerprint density at radius 3 is 2.66 bits per heavy atom. The van der Waals surface area contributed by atoms with E-state index in [-0.39, 0.29) is 24.0 Å². The summed E-state index contributed by atoms with van der Waals surface area (Å²) in [5.41, 5.74) is 1.96. The van der Waals surface area contributed by atoms with Gasteiger partial charge in [-0.15, -0.1) is 0 Å². The molecule has 1 aliphatic carbocycles. The third kappa shape index (κ3) is 4.32. The van der Waals surface area contributed by atoms with Gasteiger partial charge in [-0.3, -0.25) is 9.59 Å². The lowest BCUT2D eigenvalue weighted by Gasteiger charge is -2.45. The normalized spacial score (nSPS) is 24.6. The van der Waals surface area contributed by atoms with Gasteiger partial charge >= 0.3 is 0 Å². The van der Waals surface area contributed by atoms with Gasteiger partial charge in [-0.25, -0.2) is 0 Å². The van der Waals surface area contributed by atoms with Crippen molar-refractivity contribution in [3.05, 3.63) is 53.9 Å². The van der Waals surface area contributed by atoms with Gasteiger partial charge in [-0.1, -0.05) is 31.9 Å². The number of nitrogens with zero attached hydrogens (tertiary/aromatic N) is 2. The Labute approximate surface area is 206 Å². The number of hydrogen-bond acceptors (Lipinski definition) is 4. The summed E-state index contributed by atoms with van der Waals surface area (Å²) in [4.78, 5) is 29.5. The van der Waals surface area contributed by atoms with Crippen LogP contribution in [-0.2, 0) is 17.9 Å². The van der Waals surface area contributed by atoms with E-state index < -0.39 is 5.54 Å². The Balaban J connectivity index is 1.48. The average Bonchev–Trinajstić information content (AvgIpc) is 3.41. The zero-order chi connectivity index (χ0) is 24.7. The van der Waals surface area contributed by atoms with Crippen LogP contribution in [0.2, 0.25) is 0 Å². The van der Waals surface area contributed by atoms with E-state index in [0.29, 0.717) is 30.3 Å². The molecule has 1 aromatic carbocycles. The van der Waals surface area contributed by atoms with Crippen LogP contribution < -0.4 is 10.1 Å². The standard InChI is InChI=1S/C28H35N3O4/c1-18(2)35-21-11-9-20(10-12-21)16-31-26(32)24-15-25-23(13-14-34-25)30(24)17-28(31,4)27(33)29-22-8-6-5-7-19(22)3/h9-15,18-19,22H,5-8,16-17H2,1-4H3,(H,29,33)/t19-,22-,28-/m1/s1. The second-order valence-electron chi connectivity index (χ2n) is 10.6. The third-order valence-electron chi connectivity index (χ3n) is 7.60. The molecule has 0 bridgehead atoms. The fourth-order valence-electron chi connectivity index (χ4n) is 5.50. The smallest absolute Gasteiger partial charge is 0.271 e. The fourth-order valence-corrected chi connectivity index (χ4v) is 5.50. The first kappa shape index (κ1) is 23.5. The summed E-state index contributed by atoms with van der Waals surface area (Å²) in [5.74, 6) is 0.954. The minimum absolute atomic E-state index is 0.0877. The molecule has 7 nitrogen and oxygen atoms in total. The minimum atomic E-state index is -1.04. The van der Waals surface area contributed by atoms with E-state index in [1.807, 2.05) is 55.7 Å². The highest BCUT2D eigenvalue weighted by atomic mass is 16.5. The summed E-state index contributed by atoms with van der Waals surface area (Å²) < 4.78 is 13.3. The Morgan fingerprint density at radius 1 is 1.20 bits per heavy atom. The first-order valence-corrected chi connectivity index (χ1v) is 12.7. The van der Waals surface area contributed by atoms with Gasteiger partial charge in [0.25, 0.3) is 5.91 Å². The van der Waals surface area contributed by atoms with Gasteiger partial charge < -0.3 is 23.9 Å². The highest BCUT2D eigenvalue weighted by Crippen LogP contribution is 2.35. The predicted molar refractivity (Wildman–Crippen MR) is 134 cm³/mol. The average molecular weight is 478 g/mol. The lowest BCUT2D eigenvalue weighted by molar-refractivity contribution is -0.134. The van der Waals surface area contributed by atoms with E-state index in [0.717, 1.165) is 36.1 Å². The summed E-state index contributed by atoms with van der Waals surface area (Å²) in [7, 11) is 0. The molecule has 2 aromatic heterocycles. The van der Waals surface area contributed by atoms with Crippen LogP contribution in [0.1, 0.15) is 69.4 Å². The maximum Gasteiger partial charge on any atom is 0.271 e. The number of benzene rings is 1. The molecular formula is C28H35N3O4. The molecule has 3 atom stereocenters. The van der Waals surface area contributed by atoms with Gasteiger partial charge in [0.1, 0.15) is 17.0 Å². The molecule has 1 N–H and O–H groups in total.